The van der Waals surface area contributed by atoms with E-state index in [2.05, 4.69) is 10.6 Å². The van der Waals surface area contributed by atoms with Crippen LogP contribution in [0.3, 0.4) is 0 Å². The van der Waals surface area contributed by atoms with Crippen LogP contribution in [-0.2, 0) is 9.59 Å². The van der Waals surface area contributed by atoms with Crippen molar-refractivity contribution in [3.05, 3.63) is 0 Å². The number of rotatable bonds is 7. The molecule has 0 rings (SSSR count). The minimum Gasteiger partial charge on any atom is -0.480 e. The number of hydrogen-bond acceptors (Lipinski definition) is 4. The number of nitrogens with one attached hydrogen (secondary N) is 2. The fourth-order valence-corrected chi connectivity index (χ4v) is 0.817. The van der Waals surface area contributed by atoms with Gasteiger partial charge in [0.05, 0.1) is 0 Å². The molecule has 6 heteroatoms. The van der Waals surface area contributed by atoms with Crippen molar-refractivity contribution >= 4 is 11.9 Å². The third-order valence-corrected chi connectivity index (χ3v) is 1.70. The maximum Gasteiger partial charge on any atom is 0.320 e. The van der Waals surface area contributed by atoms with E-state index < -0.39 is 12.0 Å². The van der Waals surface area contributed by atoms with Crippen molar-refractivity contribution in [3.63, 3.8) is 0 Å². The Morgan fingerprint density at radius 2 is 2.07 bits per heavy atom. The molecule has 14 heavy (non-hydrogen) atoms. The molecule has 82 valence electrons. The Morgan fingerprint density at radius 1 is 1.43 bits per heavy atom. The summed E-state index contributed by atoms with van der Waals surface area (Å²) >= 11 is 0. The monoisotopic (exact) mass is 203 g/mol. The number of hydrogen-bond donors (Lipinski definition) is 4. The van der Waals surface area contributed by atoms with Gasteiger partial charge in [0.2, 0.25) is 5.91 Å². The summed E-state index contributed by atoms with van der Waals surface area (Å²) < 4.78 is 0. The molecule has 0 bridgehead atoms. The molecule has 0 heterocycles. The molecule has 0 radical (unpaired) electrons. The fraction of sp³-hybridized carbons (Fsp3) is 0.750. The summed E-state index contributed by atoms with van der Waals surface area (Å²) in [6, 6.07) is -0.903. The lowest BCUT2D eigenvalue weighted by Gasteiger charge is -2.07. The molecule has 0 spiro atoms. The van der Waals surface area contributed by atoms with Gasteiger partial charge in [-0.1, -0.05) is 0 Å². The first-order chi connectivity index (χ1) is 6.57. The summed E-state index contributed by atoms with van der Waals surface area (Å²) in [5.41, 5.74) is 5.24. The van der Waals surface area contributed by atoms with Crippen LogP contribution in [0.5, 0.6) is 0 Å². The summed E-state index contributed by atoms with van der Waals surface area (Å²) in [5.74, 6) is -1.15. The van der Waals surface area contributed by atoms with E-state index in [0.717, 1.165) is 0 Å². The van der Waals surface area contributed by atoms with Gasteiger partial charge in [0.15, 0.2) is 0 Å². The van der Waals surface area contributed by atoms with Crippen molar-refractivity contribution in [3.8, 4) is 0 Å². The number of nitrogens with two attached hydrogens (primary N) is 1. The van der Waals surface area contributed by atoms with E-state index in [4.69, 9.17) is 10.8 Å². The molecular weight excluding hydrogens is 186 g/mol. The molecule has 0 aromatic rings. The van der Waals surface area contributed by atoms with Gasteiger partial charge in [0, 0.05) is 19.5 Å². The van der Waals surface area contributed by atoms with Gasteiger partial charge < -0.3 is 21.5 Å². The average molecular weight is 203 g/mol. The van der Waals surface area contributed by atoms with Gasteiger partial charge in [0.1, 0.15) is 6.04 Å². The second-order valence-electron chi connectivity index (χ2n) is 2.94. The van der Waals surface area contributed by atoms with Crippen LogP contribution in [0.2, 0.25) is 0 Å². The molecule has 0 fully saturated rings. The fourth-order valence-electron chi connectivity index (χ4n) is 0.817. The van der Waals surface area contributed by atoms with Crippen LogP contribution in [0.4, 0.5) is 0 Å². The molecule has 0 aromatic carbocycles. The molecule has 0 aliphatic rings. The maximum atomic E-state index is 11.0. The van der Waals surface area contributed by atoms with Gasteiger partial charge in [-0.05, 0) is 13.5 Å². The summed E-state index contributed by atoms with van der Waals surface area (Å²) in [5, 5.41) is 13.9. The van der Waals surface area contributed by atoms with Crippen molar-refractivity contribution in [2.24, 2.45) is 5.73 Å². The van der Waals surface area contributed by atoms with Crippen LogP contribution in [0.15, 0.2) is 0 Å². The summed E-state index contributed by atoms with van der Waals surface area (Å²) in [6.07, 6.45) is 0.638. The molecular formula is C8H17N3O3. The lowest BCUT2D eigenvalue weighted by atomic mass is 10.2. The van der Waals surface area contributed by atoms with Crippen LogP contribution >= 0.6 is 0 Å². The first-order valence-corrected chi connectivity index (χ1v) is 4.47. The second kappa shape index (κ2) is 7.28. The van der Waals surface area contributed by atoms with E-state index >= 15 is 0 Å². The zero-order valence-electron chi connectivity index (χ0n) is 8.25. The van der Waals surface area contributed by atoms with Crippen LogP contribution in [0.25, 0.3) is 0 Å². The van der Waals surface area contributed by atoms with Crippen LogP contribution in [0, 0.1) is 0 Å². The molecule has 0 aromatic heterocycles. The molecule has 0 aliphatic carbocycles. The number of carboxylic acids is 1. The zero-order valence-corrected chi connectivity index (χ0v) is 8.25. The van der Waals surface area contributed by atoms with Crippen molar-refractivity contribution < 1.29 is 14.7 Å². The normalized spacial score (nSPS) is 12.1. The van der Waals surface area contributed by atoms with Crippen molar-refractivity contribution in [1.82, 2.24) is 10.6 Å². The van der Waals surface area contributed by atoms with E-state index in [1.165, 1.54) is 0 Å². The zero-order chi connectivity index (χ0) is 11.0. The predicted octanol–water partition coefficient (Wildman–Crippen LogP) is -1.49. The summed E-state index contributed by atoms with van der Waals surface area (Å²) in [4.78, 5) is 21.3. The molecule has 1 atom stereocenters. The topological polar surface area (TPSA) is 104 Å². The van der Waals surface area contributed by atoms with E-state index in [9.17, 15) is 9.59 Å². The largest absolute Gasteiger partial charge is 0.480 e. The number of aliphatic carboxylic acids is 1. The Morgan fingerprint density at radius 3 is 2.57 bits per heavy atom. The maximum absolute atomic E-state index is 11.0. The average Bonchev–Trinajstić information content (AvgIpc) is 2.14. The van der Waals surface area contributed by atoms with E-state index in [-0.39, 0.29) is 12.3 Å². The molecule has 0 saturated carbocycles. The van der Waals surface area contributed by atoms with Gasteiger partial charge in [-0.15, -0.1) is 0 Å². The highest BCUT2D eigenvalue weighted by atomic mass is 16.4. The van der Waals surface area contributed by atoms with Crippen LogP contribution in [-0.4, -0.2) is 43.2 Å². The Hall–Kier alpha value is -1.14. The van der Waals surface area contributed by atoms with E-state index in [0.29, 0.717) is 19.5 Å². The van der Waals surface area contributed by atoms with Gasteiger partial charge in [-0.2, -0.15) is 0 Å². The number of carboxylic acid groups (broad SMARTS) is 1. The van der Waals surface area contributed by atoms with Gasteiger partial charge >= 0.3 is 5.97 Å². The molecule has 0 saturated heterocycles. The van der Waals surface area contributed by atoms with E-state index in [1.807, 2.05) is 0 Å². The van der Waals surface area contributed by atoms with Crippen LogP contribution < -0.4 is 16.4 Å². The standard InChI is InChI=1S/C8H17N3O3/c1-10-4-3-7(12)11-5-2-6(9)8(13)14/h6,10H,2-5,9H2,1H3,(H,11,12)(H,13,14). The minimum absolute atomic E-state index is 0.100. The number of carbonyl (C=O) groups excluding carboxylic acids is 1. The predicted molar refractivity (Wildman–Crippen MR) is 51.8 cm³/mol. The third kappa shape index (κ3) is 6.38. The number of amides is 1. The van der Waals surface area contributed by atoms with Gasteiger partial charge in [0.25, 0.3) is 0 Å². The molecule has 0 aliphatic heterocycles. The highest BCUT2D eigenvalue weighted by molar-refractivity contribution is 5.76. The van der Waals surface area contributed by atoms with Crippen molar-refractivity contribution in [1.29, 1.82) is 0 Å². The molecule has 1 unspecified atom stereocenters. The smallest absolute Gasteiger partial charge is 0.320 e. The number of carbonyl (C=O) groups is 2. The van der Waals surface area contributed by atoms with Crippen molar-refractivity contribution in [2.45, 2.75) is 18.9 Å². The highest BCUT2D eigenvalue weighted by Gasteiger charge is 2.10. The molecule has 1 amide bonds. The molecule has 6 nitrogen and oxygen atoms in total. The minimum atomic E-state index is -1.05. The van der Waals surface area contributed by atoms with Gasteiger partial charge in [-0.25, -0.2) is 0 Å². The lowest BCUT2D eigenvalue weighted by molar-refractivity contribution is -0.138. The van der Waals surface area contributed by atoms with Crippen LogP contribution in [0.1, 0.15) is 12.8 Å². The second-order valence-corrected chi connectivity index (χ2v) is 2.94. The lowest BCUT2D eigenvalue weighted by Crippen LogP contribution is -2.35. The summed E-state index contributed by atoms with van der Waals surface area (Å²) in [7, 11) is 1.76. The Labute approximate surface area is 82.9 Å². The Bertz CT molecular complexity index is 196. The van der Waals surface area contributed by atoms with E-state index in [1.54, 1.807) is 7.05 Å². The Kier molecular flexibility index (Phi) is 6.69. The van der Waals surface area contributed by atoms with Crippen molar-refractivity contribution in [2.75, 3.05) is 20.1 Å². The molecule has 5 N–H and O–H groups in total. The summed E-state index contributed by atoms with van der Waals surface area (Å²) in [6.45, 7) is 0.910. The Balaban J connectivity index is 3.44. The first kappa shape index (κ1) is 12.9. The SMILES string of the molecule is CNCCC(=O)NCCC(N)C(=O)O. The quantitative estimate of drug-likeness (QED) is 0.403. The first-order valence-electron chi connectivity index (χ1n) is 4.47. The van der Waals surface area contributed by atoms with Gasteiger partial charge in [-0.3, -0.25) is 9.59 Å². The third-order valence-electron chi connectivity index (χ3n) is 1.70. The highest BCUT2D eigenvalue weighted by Crippen LogP contribution is 1.86.